The molecular weight excluding hydrogens is 342 g/mol. The number of hydrogen-bond donors (Lipinski definition) is 0. The van der Waals surface area contributed by atoms with Crippen LogP contribution in [0, 0.1) is 0 Å². The number of rotatable bonds is 5. The predicted octanol–water partition coefficient (Wildman–Crippen LogP) is 2.22. The van der Waals surface area contributed by atoms with E-state index in [9.17, 15) is 18.6 Å². The third kappa shape index (κ3) is 3.10. The first kappa shape index (κ1) is 17.0. The fourth-order valence-corrected chi connectivity index (χ4v) is 3.48. The van der Waals surface area contributed by atoms with Crippen LogP contribution in [0.25, 0.3) is 0 Å². The molecule has 128 valence electrons. The van der Waals surface area contributed by atoms with Crippen molar-refractivity contribution in [1.82, 2.24) is 4.90 Å². The molecule has 0 radical (unpaired) electrons. The quantitative estimate of drug-likeness (QED) is 0.605. The van der Waals surface area contributed by atoms with E-state index in [4.69, 9.17) is 4.74 Å². The van der Waals surface area contributed by atoms with Crippen LogP contribution in [0.1, 0.15) is 38.0 Å². The van der Waals surface area contributed by atoms with Gasteiger partial charge in [0.05, 0.1) is 32.4 Å². The largest absolute Gasteiger partial charge is 0.440 e. The second-order valence-electron chi connectivity index (χ2n) is 5.28. The number of carbonyl (C=O) groups excluding carboxylic acids is 3. The zero-order valence-electron chi connectivity index (χ0n) is 13.4. The van der Waals surface area contributed by atoms with Crippen LogP contribution < -0.4 is 0 Å². The number of benzene rings is 2. The Labute approximate surface area is 146 Å². The smallest absolute Gasteiger partial charge is 0.341 e. The van der Waals surface area contributed by atoms with Crippen molar-refractivity contribution in [2.24, 2.45) is 0 Å². The summed E-state index contributed by atoms with van der Waals surface area (Å²) >= 11 is 0. The topological polar surface area (TPSA) is 80.8 Å². The summed E-state index contributed by atoms with van der Waals surface area (Å²) in [7, 11) is -1.32. The molecule has 0 saturated heterocycles. The fraction of sp³-hybridized carbons (Fsp3) is 0.167. The molecule has 0 aliphatic carbocycles. The Bertz CT molecular complexity index is 858. The minimum Gasteiger partial charge on any atom is -0.440 e. The van der Waals surface area contributed by atoms with Gasteiger partial charge in [0.25, 0.3) is 11.8 Å². The van der Waals surface area contributed by atoms with Gasteiger partial charge in [0.1, 0.15) is 0 Å². The van der Waals surface area contributed by atoms with Gasteiger partial charge in [-0.1, -0.05) is 31.2 Å². The zero-order chi connectivity index (χ0) is 18.0. The zero-order valence-corrected chi connectivity index (χ0v) is 14.2. The van der Waals surface area contributed by atoms with Gasteiger partial charge in [-0.15, -0.1) is 0 Å². The van der Waals surface area contributed by atoms with E-state index in [1.54, 1.807) is 49.4 Å². The summed E-state index contributed by atoms with van der Waals surface area (Å²) in [6, 6.07) is 12.9. The summed E-state index contributed by atoms with van der Waals surface area (Å²) in [6.07, 6.45) is 0. The van der Waals surface area contributed by atoms with Gasteiger partial charge >= 0.3 is 5.97 Å². The van der Waals surface area contributed by atoms with Crippen molar-refractivity contribution >= 4 is 28.6 Å². The molecule has 1 atom stereocenters. The Hall–Kier alpha value is -2.80. The molecule has 1 aliphatic heterocycles. The van der Waals surface area contributed by atoms with Crippen LogP contribution in [0.4, 0.5) is 0 Å². The summed E-state index contributed by atoms with van der Waals surface area (Å²) in [6.45, 7) is 1.26. The van der Waals surface area contributed by atoms with Crippen LogP contribution in [0.5, 0.6) is 0 Å². The van der Waals surface area contributed by atoms with Crippen LogP contribution in [-0.2, 0) is 15.5 Å². The molecular formula is C18H15NO5S. The van der Waals surface area contributed by atoms with Crippen molar-refractivity contribution in [2.45, 2.75) is 11.8 Å². The molecule has 1 aliphatic rings. The van der Waals surface area contributed by atoms with Gasteiger partial charge < -0.3 is 4.74 Å². The Morgan fingerprint density at radius 1 is 1.00 bits per heavy atom. The lowest BCUT2D eigenvalue weighted by atomic mass is 10.1. The van der Waals surface area contributed by atoms with E-state index < -0.39 is 35.3 Å². The molecule has 2 aromatic rings. The highest BCUT2D eigenvalue weighted by Gasteiger charge is 2.36. The maximum atomic E-state index is 12.3. The number of hydrogen-bond acceptors (Lipinski definition) is 5. The number of carbonyl (C=O) groups is 3. The molecule has 0 saturated carbocycles. The molecule has 0 spiro atoms. The van der Waals surface area contributed by atoms with Gasteiger partial charge in [-0.05, 0) is 24.3 Å². The third-order valence-corrected chi connectivity index (χ3v) is 5.19. The number of ether oxygens (including phenoxy) is 1. The van der Waals surface area contributed by atoms with Gasteiger partial charge in [-0.3, -0.25) is 13.8 Å². The van der Waals surface area contributed by atoms with Crippen molar-refractivity contribution in [3.05, 3.63) is 65.2 Å². The Balaban J connectivity index is 1.75. The molecule has 0 N–H and O–H groups in total. The molecule has 2 aromatic carbocycles. The normalized spacial score (nSPS) is 14.4. The van der Waals surface area contributed by atoms with Gasteiger partial charge in [0.15, 0.2) is 6.73 Å². The summed E-state index contributed by atoms with van der Waals surface area (Å²) in [5.41, 5.74) is 0.742. The average Bonchev–Trinajstić information content (AvgIpc) is 2.90. The average molecular weight is 357 g/mol. The van der Waals surface area contributed by atoms with Gasteiger partial charge in [-0.2, -0.15) is 0 Å². The summed E-state index contributed by atoms with van der Waals surface area (Å²) in [5, 5.41) is 0. The van der Waals surface area contributed by atoms with E-state index in [0.29, 0.717) is 10.6 Å². The van der Waals surface area contributed by atoms with E-state index in [0.717, 1.165) is 4.90 Å². The molecule has 0 bridgehead atoms. The number of imide groups is 1. The highest BCUT2D eigenvalue weighted by molar-refractivity contribution is 7.85. The highest BCUT2D eigenvalue weighted by atomic mass is 32.2. The van der Waals surface area contributed by atoms with Crippen LogP contribution in [-0.4, -0.2) is 39.4 Å². The minimum absolute atomic E-state index is 0.166. The standard InChI is InChI=1S/C18H15NO5S/c1-2-25(23)15-10-6-5-9-14(15)18(22)24-11-19-16(20)12-7-3-4-8-13(12)17(19)21/h3-10H,2,11H2,1H3/t25-/m1/s1. The van der Waals surface area contributed by atoms with E-state index in [-0.39, 0.29) is 16.7 Å². The van der Waals surface area contributed by atoms with Gasteiger partial charge in [0, 0.05) is 5.75 Å². The molecule has 0 aromatic heterocycles. The second-order valence-corrected chi connectivity index (χ2v) is 6.98. The van der Waals surface area contributed by atoms with Crippen LogP contribution in [0.3, 0.4) is 0 Å². The second kappa shape index (κ2) is 6.98. The fourth-order valence-electron chi connectivity index (χ4n) is 2.55. The Morgan fingerprint density at radius 2 is 1.56 bits per heavy atom. The van der Waals surface area contributed by atoms with E-state index in [1.165, 1.54) is 6.07 Å². The van der Waals surface area contributed by atoms with Crippen molar-refractivity contribution in [3.63, 3.8) is 0 Å². The van der Waals surface area contributed by atoms with Gasteiger partial charge in [-0.25, -0.2) is 9.69 Å². The maximum Gasteiger partial charge on any atom is 0.341 e. The molecule has 7 heteroatoms. The lowest BCUT2D eigenvalue weighted by Crippen LogP contribution is -2.33. The van der Waals surface area contributed by atoms with Crippen LogP contribution >= 0.6 is 0 Å². The first-order chi connectivity index (χ1) is 12.0. The molecule has 25 heavy (non-hydrogen) atoms. The number of nitrogens with zero attached hydrogens (tertiary/aromatic N) is 1. The molecule has 1 heterocycles. The summed E-state index contributed by atoms with van der Waals surface area (Å²) in [5.74, 6) is -1.37. The number of fused-ring (bicyclic) bond motifs is 1. The van der Waals surface area contributed by atoms with Crippen molar-refractivity contribution in [2.75, 3.05) is 12.5 Å². The maximum absolute atomic E-state index is 12.3. The van der Waals surface area contributed by atoms with Crippen LogP contribution in [0.15, 0.2) is 53.4 Å². The van der Waals surface area contributed by atoms with E-state index >= 15 is 0 Å². The summed E-state index contributed by atoms with van der Waals surface area (Å²) < 4.78 is 17.2. The van der Waals surface area contributed by atoms with Crippen molar-refractivity contribution in [3.8, 4) is 0 Å². The third-order valence-electron chi connectivity index (χ3n) is 3.82. The first-order valence-electron chi connectivity index (χ1n) is 7.64. The predicted molar refractivity (Wildman–Crippen MR) is 90.6 cm³/mol. The molecule has 3 rings (SSSR count). The van der Waals surface area contributed by atoms with Gasteiger partial charge in [0.2, 0.25) is 0 Å². The SMILES string of the molecule is CC[S@@](=O)c1ccccc1C(=O)OCN1C(=O)c2ccccc2C1=O. The first-order valence-corrected chi connectivity index (χ1v) is 8.96. The Morgan fingerprint density at radius 3 is 2.16 bits per heavy atom. The van der Waals surface area contributed by atoms with Crippen molar-refractivity contribution < 1.29 is 23.3 Å². The highest BCUT2D eigenvalue weighted by Crippen LogP contribution is 2.22. The minimum atomic E-state index is -1.32. The van der Waals surface area contributed by atoms with Crippen LogP contribution in [0.2, 0.25) is 0 Å². The lowest BCUT2D eigenvalue weighted by Gasteiger charge is -2.15. The monoisotopic (exact) mass is 357 g/mol. The molecule has 0 unspecified atom stereocenters. The molecule has 6 nitrogen and oxygen atoms in total. The number of esters is 1. The molecule has 2 amide bonds. The lowest BCUT2D eigenvalue weighted by molar-refractivity contribution is 0.0225. The van der Waals surface area contributed by atoms with E-state index in [2.05, 4.69) is 0 Å². The van der Waals surface area contributed by atoms with E-state index in [1.807, 2.05) is 0 Å². The number of amides is 2. The Kier molecular flexibility index (Phi) is 4.76. The van der Waals surface area contributed by atoms with Crippen molar-refractivity contribution in [1.29, 1.82) is 0 Å². The summed E-state index contributed by atoms with van der Waals surface area (Å²) in [4.78, 5) is 38.1. The molecule has 0 fully saturated rings.